The van der Waals surface area contributed by atoms with Gasteiger partial charge in [0.1, 0.15) is 5.75 Å². The lowest BCUT2D eigenvalue weighted by Gasteiger charge is -2.23. The maximum absolute atomic E-state index is 11.9. The van der Waals surface area contributed by atoms with Crippen LogP contribution in [0.15, 0.2) is 18.2 Å². The molecule has 1 aliphatic rings. The van der Waals surface area contributed by atoms with Gasteiger partial charge in [-0.05, 0) is 12.5 Å². The Hall–Kier alpha value is -1.84. The van der Waals surface area contributed by atoms with Gasteiger partial charge in [-0.15, -0.1) is 0 Å². The van der Waals surface area contributed by atoms with Crippen molar-refractivity contribution in [2.24, 2.45) is 5.92 Å². The summed E-state index contributed by atoms with van der Waals surface area (Å²) in [4.78, 5) is 23.6. The van der Waals surface area contributed by atoms with E-state index in [9.17, 15) is 9.59 Å². The minimum atomic E-state index is -0.281. The van der Waals surface area contributed by atoms with Crippen LogP contribution < -0.4 is 10.1 Å². The second-order valence-corrected chi connectivity index (χ2v) is 4.13. The third-order valence-corrected chi connectivity index (χ3v) is 3.15. The number of benzene rings is 1. The molecule has 1 aromatic carbocycles. The summed E-state index contributed by atoms with van der Waals surface area (Å²) in [6, 6.07) is 5.41. The van der Waals surface area contributed by atoms with Gasteiger partial charge in [0.05, 0.1) is 7.11 Å². The molecule has 4 nitrogen and oxygen atoms in total. The summed E-state index contributed by atoms with van der Waals surface area (Å²) < 4.78 is 5.24. The normalized spacial score (nSPS) is 18.5. The van der Waals surface area contributed by atoms with Crippen LogP contribution in [-0.4, -0.2) is 25.8 Å². The number of hydrogen-bond donors (Lipinski definition) is 1. The Morgan fingerprint density at radius 2 is 2.18 bits per heavy atom. The average molecular weight is 233 g/mol. The number of carbonyl (C=O) groups excluding carboxylic acids is 2. The van der Waals surface area contributed by atoms with Gasteiger partial charge in [-0.25, -0.2) is 0 Å². The molecule has 1 unspecified atom stereocenters. The first-order chi connectivity index (χ1) is 8.17. The van der Waals surface area contributed by atoms with Crippen LogP contribution in [0.3, 0.4) is 0 Å². The van der Waals surface area contributed by atoms with Crippen molar-refractivity contribution >= 4 is 11.7 Å². The van der Waals surface area contributed by atoms with Gasteiger partial charge in [0.25, 0.3) is 0 Å². The van der Waals surface area contributed by atoms with Crippen LogP contribution in [0.25, 0.3) is 0 Å². The standard InChI is InChI=1S/C13H15NO3/c1-14-13(16)8-6-10-9(11(15)7-8)4-3-5-12(10)17-2/h3-5,8H,6-7H2,1-2H3,(H,14,16). The van der Waals surface area contributed by atoms with Crippen LogP contribution in [0, 0.1) is 5.92 Å². The van der Waals surface area contributed by atoms with Crippen molar-refractivity contribution in [1.29, 1.82) is 0 Å². The molecule has 4 heteroatoms. The second-order valence-electron chi connectivity index (χ2n) is 4.13. The largest absolute Gasteiger partial charge is 0.496 e. The van der Waals surface area contributed by atoms with Gasteiger partial charge in [-0.3, -0.25) is 9.59 Å². The number of rotatable bonds is 2. The molecule has 1 N–H and O–H groups in total. The number of amides is 1. The zero-order valence-corrected chi connectivity index (χ0v) is 9.95. The quantitative estimate of drug-likeness (QED) is 0.834. The lowest BCUT2D eigenvalue weighted by molar-refractivity contribution is -0.124. The van der Waals surface area contributed by atoms with Crippen LogP contribution >= 0.6 is 0 Å². The molecule has 1 amide bonds. The minimum absolute atomic E-state index is 0.0127. The molecule has 0 heterocycles. The molecule has 0 fully saturated rings. The topological polar surface area (TPSA) is 55.4 Å². The SMILES string of the molecule is CNC(=O)C1CC(=O)c2cccc(OC)c2C1. The van der Waals surface area contributed by atoms with E-state index in [1.165, 1.54) is 0 Å². The Balaban J connectivity index is 2.40. The Kier molecular flexibility index (Phi) is 3.13. The molecule has 1 atom stereocenters. The Morgan fingerprint density at radius 1 is 1.41 bits per heavy atom. The molecule has 0 radical (unpaired) electrons. The number of ketones is 1. The molecule has 90 valence electrons. The maximum atomic E-state index is 11.9. The lowest BCUT2D eigenvalue weighted by atomic mass is 9.82. The molecule has 0 aliphatic heterocycles. The summed E-state index contributed by atoms with van der Waals surface area (Å²) in [6.45, 7) is 0. The predicted octanol–water partition coefficient (Wildman–Crippen LogP) is 1.19. The summed E-state index contributed by atoms with van der Waals surface area (Å²) in [6.07, 6.45) is 0.838. The summed E-state index contributed by atoms with van der Waals surface area (Å²) in [7, 11) is 3.16. The third-order valence-electron chi connectivity index (χ3n) is 3.15. The summed E-state index contributed by atoms with van der Waals surface area (Å²) in [5, 5.41) is 2.59. The van der Waals surface area contributed by atoms with E-state index in [1.54, 1.807) is 26.3 Å². The molecule has 0 saturated carbocycles. The maximum Gasteiger partial charge on any atom is 0.223 e. The van der Waals surface area contributed by atoms with Crippen molar-refractivity contribution in [3.05, 3.63) is 29.3 Å². The van der Waals surface area contributed by atoms with Crippen LogP contribution in [0.5, 0.6) is 5.75 Å². The Labute approximate surface area is 100.0 Å². The number of fused-ring (bicyclic) bond motifs is 1. The van der Waals surface area contributed by atoms with E-state index >= 15 is 0 Å². The molecule has 1 aliphatic carbocycles. The van der Waals surface area contributed by atoms with Crippen molar-refractivity contribution in [3.63, 3.8) is 0 Å². The van der Waals surface area contributed by atoms with E-state index in [0.29, 0.717) is 17.7 Å². The molecule has 0 spiro atoms. The average Bonchev–Trinajstić information content (AvgIpc) is 2.37. The number of methoxy groups -OCH3 is 1. The highest BCUT2D eigenvalue weighted by molar-refractivity contribution is 6.02. The number of Topliss-reactive ketones (excluding diaryl/α,β-unsaturated/α-hetero) is 1. The zero-order chi connectivity index (χ0) is 12.4. The van der Waals surface area contributed by atoms with Crippen LogP contribution in [0.1, 0.15) is 22.3 Å². The number of hydrogen-bond acceptors (Lipinski definition) is 3. The van der Waals surface area contributed by atoms with E-state index in [2.05, 4.69) is 5.32 Å². The first-order valence-electron chi connectivity index (χ1n) is 5.58. The molecule has 1 aromatic rings. The van der Waals surface area contributed by atoms with E-state index in [-0.39, 0.29) is 24.0 Å². The monoisotopic (exact) mass is 233 g/mol. The van der Waals surface area contributed by atoms with Gasteiger partial charge in [0.2, 0.25) is 5.91 Å². The fraction of sp³-hybridized carbons (Fsp3) is 0.385. The number of carbonyl (C=O) groups is 2. The number of nitrogens with one attached hydrogen (secondary N) is 1. The smallest absolute Gasteiger partial charge is 0.223 e. The van der Waals surface area contributed by atoms with Gasteiger partial charge >= 0.3 is 0 Å². The molecule has 0 bridgehead atoms. The molecule has 0 aromatic heterocycles. The minimum Gasteiger partial charge on any atom is -0.496 e. The fourth-order valence-electron chi connectivity index (χ4n) is 2.27. The second kappa shape index (κ2) is 4.57. The van der Waals surface area contributed by atoms with Crippen molar-refractivity contribution in [3.8, 4) is 5.75 Å². The summed E-state index contributed by atoms with van der Waals surface area (Å²) >= 11 is 0. The lowest BCUT2D eigenvalue weighted by Crippen LogP contribution is -2.33. The Morgan fingerprint density at radius 3 is 2.82 bits per heavy atom. The molecular weight excluding hydrogens is 218 g/mol. The zero-order valence-electron chi connectivity index (χ0n) is 9.95. The molecular formula is C13H15NO3. The van der Waals surface area contributed by atoms with Gasteiger partial charge in [-0.1, -0.05) is 12.1 Å². The van der Waals surface area contributed by atoms with Crippen LogP contribution in [0.2, 0.25) is 0 Å². The van der Waals surface area contributed by atoms with Gasteiger partial charge in [-0.2, -0.15) is 0 Å². The van der Waals surface area contributed by atoms with E-state index in [1.807, 2.05) is 6.07 Å². The van der Waals surface area contributed by atoms with Crippen molar-refractivity contribution in [2.45, 2.75) is 12.8 Å². The molecule has 0 saturated heterocycles. The molecule has 2 rings (SSSR count). The van der Waals surface area contributed by atoms with Gasteiger partial charge in [0, 0.05) is 30.5 Å². The van der Waals surface area contributed by atoms with Crippen molar-refractivity contribution in [1.82, 2.24) is 5.32 Å². The first-order valence-corrected chi connectivity index (χ1v) is 5.58. The van der Waals surface area contributed by atoms with Gasteiger partial charge < -0.3 is 10.1 Å². The Bertz CT molecular complexity index is 468. The number of ether oxygens (including phenoxy) is 1. The highest BCUT2D eigenvalue weighted by atomic mass is 16.5. The van der Waals surface area contributed by atoms with Gasteiger partial charge in [0.15, 0.2) is 5.78 Å². The third kappa shape index (κ3) is 2.02. The van der Waals surface area contributed by atoms with E-state index in [0.717, 1.165) is 5.56 Å². The fourth-order valence-corrected chi connectivity index (χ4v) is 2.27. The van der Waals surface area contributed by atoms with E-state index in [4.69, 9.17) is 4.74 Å². The van der Waals surface area contributed by atoms with Crippen LogP contribution in [0.4, 0.5) is 0 Å². The van der Waals surface area contributed by atoms with Crippen LogP contribution in [-0.2, 0) is 11.2 Å². The molecule has 17 heavy (non-hydrogen) atoms. The highest BCUT2D eigenvalue weighted by Gasteiger charge is 2.30. The first kappa shape index (κ1) is 11.6. The summed E-state index contributed by atoms with van der Waals surface area (Å²) in [5.41, 5.74) is 1.53. The van der Waals surface area contributed by atoms with Crippen molar-refractivity contribution < 1.29 is 14.3 Å². The predicted molar refractivity (Wildman–Crippen MR) is 63.2 cm³/mol. The highest BCUT2D eigenvalue weighted by Crippen LogP contribution is 2.32. The van der Waals surface area contributed by atoms with Crippen molar-refractivity contribution in [2.75, 3.05) is 14.2 Å². The summed E-state index contributed by atoms with van der Waals surface area (Å²) in [5.74, 6) is 0.328. The van der Waals surface area contributed by atoms with E-state index < -0.39 is 0 Å².